The van der Waals surface area contributed by atoms with Gasteiger partial charge in [-0.25, -0.2) is 0 Å². The normalized spacial score (nSPS) is 59.7. The molecule has 0 saturated heterocycles. The van der Waals surface area contributed by atoms with Gasteiger partial charge in [-0.3, -0.25) is 0 Å². The highest BCUT2D eigenvalue weighted by Gasteiger charge is 2.55. The summed E-state index contributed by atoms with van der Waals surface area (Å²) in [7, 11) is 0. The van der Waals surface area contributed by atoms with E-state index >= 15 is 0 Å². The van der Waals surface area contributed by atoms with Gasteiger partial charge in [0.15, 0.2) is 0 Å². The van der Waals surface area contributed by atoms with Gasteiger partial charge in [-0.15, -0.1) is 0 Å². The zero-order chi connectivity index (χ0) is 7.35. The molecule has 4 atom stereocenters. The zero-order valence-corrected chi connectivity index (χ0v) is 7.76. The molecular formula is C8H13BrO. The third kappa shape index (κ3) is 0.668. The van der Waals surface area contributed by atoms with E-state index in [4.69, 9.17) is 0 Å². The fourth-order valence-electron chi connectivity index (χ4n) is 2.39. The molecule has 10 heavy (non-hydrogen) atoms. The molecule has 0 heterocycles. The maximum absolute atomic E-state index is 9.70. The van der Waals surface area contributed by atoms with Crippen LogP contribution < -0.4 is 0 Å². The van der Waals surface area contributed by atoms with Crippen molar-refractivity contribution in [3.63, 3.8) is 0 Å². The second-order valence-electron chi connectivity index (χ2n) is 3.94. The van der Waals surface area contributed by atoms with Crippen LogP contribution in [-0.2, 0) is 0 Å². The highest BCUT2D eigenvalue weighted by Crippen LogP contribution is 2.58. The van der Waals surface area contributed by atoms with Crippen LogP contribution >= 0.6 is 15.9 Å². The lowest BCUT2D eigenvalue weighted by Crippen LogP contribution is -2.41. The number of fused-ring (bicyclic) bond motifs is 1. The first-order chi connectivity index (χ1) is 4.64. The smallest absolute Gasteiger partial charge is 0.0721 e. The second-order valence-corrected chi connectivity index (χ2v) is 5.11. The molecule has 2 saturated carbocycles. The molecule has 58 valence electrons. The van der Waals surface area contributed by atoms with Gasteiger partial charge in [-0.1, -0.05) is 22.9 Å². The minimum atomic E-state index is -0.0914. The summed E-state index contributed by atoms with van der Waals surface area (Å²) >= 11 is 3.51. The number of hydrogen-bond donors (Lipinski definition) is 1. The number of hydrogen-bond acceptors (Lipinski definition) is 1. The topological polar surface area (TPSA) is 20.2 Å². The van der Waals surface area contributed by atoms with E-state index in [1.54, 1.807) is 0 Å². The van der Waals surface area contributed by atoms with Gasteiger partial charge in [-0.05, 0) is 30.6 Å². The molecule has 2 heteroatoms. The summed E-state index contributed by atoms with van der Waals surface area (Å²) in [5.74, 6) is 0.798. The second kappa shape index (κ2) is 1.98. The van der Waals surface area contributed by atoms with Crippen LogP contribution in [0.2, 0.25) is 0 Å². The fourth-order valence-corrected chi connectivity index (χ4v) is 3.45. The van der Waals surface area contributed by atoms with Crippen LogP contribution in [-0.4, -0.2) is 16.0 Å². The van der Waals surface area contributed by atoms with Crippen LogP contribution in [0.3, 0.4) is 0 Å². The Morgan fingerprint density at radius 1 is 1.60 bits per heavy atom. The van der Waals surface area contributed by atoms with Gasteiger partial charge < -0.3 is 5.11 Å². The predicted octanol–water partition coefficient (Wildman–Crippen LogP) is 1.93. The molecule has 0 aromatic rings. The number of aliphatic hydroxyl groups is 1. The molecule has 1 N–H and O–H groups in total. The first-order valence-corrected chi connectivity index (χ1v) is 4.88. The summed E-state index contributed by atoms with van der Waals surface area (Å²) in [4.78, 5) is 0.366. The molecule has 0 aliphatic heterocycles. The lowest BCUT2D eigenvalue weighted by Gasteiger charge is -2.44. The van der Waals surface area contributed by atoms with Crippen molar-refractivity contribution in [1.29, 1.82) is 0 Å². The Morgan fingerprint density at radius 2 is 2.30 bits per heavy atom. The lowest BCUT2D eigenvalue weighted by atomic mass is 9.62. The molecule has 0 amide bonds. The van der Waals surface area contributed by atoms with E-state index in [1.807, 2.05) is 0 Å². The predicted molar refractivity (Wildman–Crippen MR) is 44.2 cm³/mol. The summed E-state index contributed by atoms with van der Waals surface area (Å²) in [5, 5.41) is 9.70. The summed E-state index contributed by atoms with van der Waals surface area (Å²) < 4.78 is 0. The van der Waals surface area contributed by atoms with Crippen molar-refractivity contribution < 1.29 is 5.11 Å². The molecule has 1 nitrogen and oxygen atoms in total. The summed E-state index contributed by atoms with van der Waals surface area (Å²) in [5.41, 5.74) is 0.272. The third-order valence-corrected chi connectivity index (χ3v) is 4.37. The van der Waals surface area contributed by atoms with E-state index in [1.165, 1.54) is 19.3 Å². The summed E-state index contributed by atoms with van der Waals surface area (Å²) in [6.45, 7) is 2.22. The Balaban J connectivity index is 2.20. The van der Waals surface area contributed by atoms with E-state index in [9.17, 15) is 5.11 Å². The maximum Gasteiger partial charge on any atom is 0.0721 e. The number of halogens is 1. The van der Waals surface area contributed by atoms with Crippen molar-refractivity contribution in [3.8, 4) is 0 Å². The Morgan fingerprint density at radius 3 is 2.50 bits per heavy atom. The lowest BCUT2D eigenvalue weighted by molar-refractivity contribution is -0.0233. The zero-order valence-electron chi connectivity index (χ0n) is 6.18. The Bertz CT molecular complexity index is 159. The first-order valence-electron chi connectivity index (χ1n) is 3.97. The summed E-state index contributed by atoms with van der Waals surface area (Å²) in [6.07, 6.45) is 3.64. The van der Waals surface area contributed by atoms with Crippen molar-refractivity contribution in [3.05, 3.63) is 0 Å². The third-order valence-electron chi connectivity index (χ3n) is 3.49. The van der Waals surface area contributed by atoms with Gasteiger partial charge in [0, 0.05) is 4.83 Å². The van der Waals surface area contributed by atoms with Crippen LogP contribution in [0.25, 0.3) is 0 Å². The van der Waals surface area contributed by atoms with Crippen molar-refractivity contribution >= 4 is 15.9 Å². The first kappa shape index (κ1) is 7.11. The molecule has 1 unspecified atom stereocenters. The van der Waals surface area contributed by atoms with Gasteiger partial charge in [0.25, 0.3) is 0 Å². The van der Waals surface area contributed by atoms with Crippen molar-refractivity contribution in [2.24, 2.45) is 11.3 Å². The highest BCUT2D eigenvalue weighted by molar-refractivity contribution is 9.09. The minimum Gasteiger partial charge on any atom is -0.391 e. The number of alkyl halides is 1. The monoisotopic (exact) mass is 204 g/mol. The molecule has 0 radical (unpaired) electrons. The molecular weight excluding hydrogens is 192 g/mol. The molecule has 0 aromatic heterocycles. The SMILES string of the molecule is C[C@@]12CCC1C[C@H](Br)[C@@H]2O. The van der Waals surface area contributed by atoms with Crippen molar-refractivity contribution in [2.45, 2.75) is 37.1 Å². The Kier molecular flexibility index (Phi) is 1.41. The highest BCUT2D eigenvalue weighted by atomic mass is 79.9. The fraction of sp³-hybridized carbons (Fsp3) is 1.00. The molecule has 2 aliphatic carbocycles. The van der Waals surface area contributed by atoms with Crippen molar-refractivity contribution in [2.75, 3.05) is 0 Å². The van der Waals surface area contributed by atoms with Crippen LogP contribution in [0.5, 0.6) is 0 Å². The van der Waals surface area contributed by atoms with Crippen LogP contribution in [0.15, 0.2) is 0 Å². The Hall–Kier alpha value is 0.440. The summed E-state index contributed by atoms with van der Waals surface area (Å²) in [6, 6.07) is 0. The van der Waals surface area contributed by atoms with E-state index in [0.29, 0.717) is 4.83 Å². The van der Waals surface area contributed by atoms with Crippen LogP contribution in [0, 0.1) is 11.3 Å². The van der Waals surface area contributed by atoms with E-state index in [0.717, 1.165) is 5.92 Å². The van der Waals surface area contributed by atoms with E-state index < -0.39 is 0 Å². The maximum atomic E-state index is 9.70. The van der Waals surface area contributed by atoms with Gasteiger partial charge in [0.1, 0.15) is 0 Å². The molecule has 2 fully saturated rings. The number of rotatable bonds is 0. The number of aliphatic hydroxyl groups excluding tert-OH is 1. The molecule has 0 aromatic carbocycles. The van der Waals surface area contributed by atoms with E-state index in [2.05, 4.69) is 22.9 Å². The van der Waals surface area contributed by atoms with Gasteiger partial charge in [0.05, 0.1) is 6.10 Å². The van der Waals surface area contributed by atoms with E-state index in [-0.39, 0.29) is 11.5 Å². The average Bonchev–Trinajstić information content (AvgIpc) is 2.03. The molecule has 2 aliphatic rings. The quantitative estimate of drug-likeness (QED) is 0.599. The molecule has 2 rings (SSSR count). The van der Waals surface area contributed by atoms with Gasteiger partial charge >= 0.3 is 0 Å². The van der Waals surface area contributed by atoms with Gasteiger partial charge in [-0.2, -0.15) is 0 Å². The largest absolute Gasteiger partial charge is 0.391 e. The van der Waals surface area contributed by atoms with Gasteiger partial charge in [0.2, 0.25) is 0 Å². The minimum absolute atomic E-state index is 0.0914. The van der Waals surface area contributed by atoms with Crippen LogP contribution in [0.4, 0.5) is 0 Å². The molecule has 0 bridgehead atoms. The average molecular weight is 205 g/mol. The standard InChI is InChI=1S/C8H13BrO/c1-8-3-2-5(8)4-6(9)7(8)10/h5-7,10H,2-4H2,1H3/t5?,6-,7-,8+/m0/s1. The van der Waals surface area contributed by atoms with Crippen molar-refractivity contribution in [1.82, 2.24) is 0 Å². The Labute approximate surface area is 69.9 Å². The molecule has 0 spiro atoms. The van der Waals surface area contributed by atoms with Crippen LogP contribution in [0.1, 0.15) is 26.2 Å².